The van der Waals surface area contributed by atoms with Gasteiger partial charge in [-0.15, -0.1) is 0 Å². The number of hydrogen-bond donors (Lipinski definition) is 1. The zero-order chi connectivity index (χ0) is 17.5. The van der Waals surface area contributed by atoms with Crippen LogP contribution in [-0.4, -0.2) is 25.5 Å². The maximum atomic E-state index is 13.5. The Hall–Kier alpha value is -2.36. The quantitative estimate of drug-likeness (QED) is 0.800. The van der Waals surface area contributed by atoms with Crippen molar-refractivity contribution in [2.75, 3.05) is 24.5 Å². The molecule has 1 fully saturated rings. The molecular formula is C21H25FN2O. The van der Waals surface area contributed by atoms with Gasteiger partial charge in [-0.25, -0.2) is 4.39 Å². The first-order valence-corrected chi connectivity index (χ1v) is 9.10. The van der Waals surface area contributed by atoms with Gasteiger partial charge < -0.3 is 10.2 Å². The molecule has 1 aliphatic rings. The van der Waals surface area contributed by atoms with Crippen LogP contribution in [-0.2, 0) is 6.42 Å². The predicted molar refractivity (Wildman–Crippen MR) is 99.6 cm³/mol. The largest absolute Gasteiger partial charge is 0.372 e. The molecule has 0 radical (unpaired) electrons. The normalized spacial score (nSPS) is 14.4. The number of nitrogens with one attached hydrogen (secondary N) is 1. The van der Waals surface area contributed by atoms with E-state index in [0.29, 0.717) is 6.54 Å². The molecule has 2 aromatic rings. The summed E-state index contributed by atoms with van der Waals surface area (Å²) in [6, 6.07) is 14.8. The average molecular weight is 340 g/mol. The summed E-state index contributed by atoms with van der Waals surface area (Å²) in [6.45, 7) is 2.85. The van der Waals surface area contributed by atoms with E-state index in [1.165, 1.54) is 42.6 Å². The zero-order valence-corrected chi connectivity index (χ0v) is 14.5. The van der Waals surface area contributed by atoms with Crippen LogP contribution in [0.3, 0.4) is 0 Å². The highest BCUT2D eigenvalue weighted by Gasteiger charge is 2.11. The first-order chi connectivity index (χ1) is 12.2. The lowest BCUT2D eigenvalue weighted by atomic mass is 10.1. The maximum Gasteiger partial charge on any atom is 0.254 e. The first-order valence-electron chi connectivity index (χ1n) is 9.10. The smallest absolute Gasteiger partial charge is 0.254 e. The Morgan fingerprint density at radius 2 is 1.72 bits per heavy atom. The van der Waals surface area contributed by atoms with Crippen LogP contribution in [0.1, 0.15) is 41.6 Å². The number of carbonyl (C=O) groups excluding carboxylic acids is 1. The molecule has 1 amide bonds. The number of carbonyl (C=O) groups is 1. The second-order valence-electron chi connectivity index (χ2n) is 6.55. The molecule has 25 heavy (non-hydrogen) atoms. The van der Waals surface area contributed by atoms with Gasteiger partial charge in [0.15, 0.2) is 0 Å². The Morgan fingerprint density at radius 1 is 1.00 bits per heavy atom. The molecule has 0 saturated carbocycles. The average Bonchev–Trinajstić information content (AvgIpc) is 2.66. The summed E-state index contributed by atoms with van der Waals surface area (Å²) < 4.78 is 13.5. The van der Waals surface area contributed by atoms with E-state index in [1.54, 1.807) is 12.1 Å². The molecule has 3 nitrogen and oxygen atoms in total. The number of rotatable bonds is 6. The van der Waals surface area contributed by atoms with Gasteiger partial charge in [-0.3, -0.25) is 4.79 Å². The summed E-state index contributed by atoms with van der Waals surface area (Å²) in [4.78, 5) is 14.4. The van der Waals surface area contributed by atoms with Crippen molar-refractivity contribution >= 4 is 11.6 Å². The lowest BCUT2D eigenvalue weighted by Gasteiger charge is -2.28. The lowest BCUT2D eigenvalue weighted by Crippen LogP contribution is -2.29. The van der Waals surface area contributed by atoms with Gasteiger partial charge in [0, 0.05) is 25.3 Å². The summed E-state index contributed by atoms with van der Waals surface area (Å²) in [6.07, 6.45) is 5.64. The fourth-order valence-electron chi connectivity index (χ4n) is 3.26. The molecule has 0 spiro atoms. The molecule has 0 aliphatic carbocycles. The molecule has 1 aliphatic heterocycles. The van der Waals surface area contributed by atoms with E-state index in [4.69, 9.17) is 0 Å². The van der Waals surface area contributed by atoms with Crippen molar-refractivity contribution in [3.8, 4) is 0 Å². The van der Waals surface area contributed by atoms with Crippen molar-refractivity contribution in [3.63, 3.8) is 0 Å². The third kappa shape index (κ3) is 4.81. The monoisotopic (exact) mass is 340 g/mol. The van der Waals surface area contributed by atoms with E-state index in [2.05, 4.69) is 34.5 Å². The van der Waals surface area contributed by atoms with Crippen molar-refractivity contribution in [1.29, 1.82) is 0 Å². The molecule has 0 bridgehead atoms. The number of nitrogens with zero attached hydrogens (tertiary/aromatic N) is 1. The maximum absolute atomic E-state index is 13.5. The van der Waals surface area contributed by atoms with E-state index >= 15 is 0 Å². The number of anilines is 1. The minimum absolute atomic E-state index is 0.105. The molecule has 132 valence electrons. The molecule has 0 unspecified atom stereocenters. The van der Waals surface area contributed by atoms with Gasteiger partial charge in [-0.05, 0) is 61.9 Å². The Balaban J connectivity index is 1.43. The van der Waals surface area contributed by atoms with Crippen LogP contribution in [0.15, 0.2) is 48.5 Å². The molecule has 1 N–H and O–H groups in total. The summed E-state index contributed by atoms with van der Waals surface area (Å²) in [5, 5.41) is 2.79. The SMILES string of the molecule is O=C(NCCCc1ccc(N2CCCCC2)cc1)c1ccccc1F. The Morgan fingerprint density at radius 3 is 2.44 bits per heavy atom. The second kappa shape index (κ2) is 8.65. The fraction of sp³-hybridized carbons (Fsp3) is 0.381. The van der Waals surface area contributed by atoms with Crippen molar-refractivity contribution in [2.24, 2.45) is 0 Å². The first kappa shape index (κ1) is 17.5. The van der Waals surface area contributed by atoms with Crippen molar-refractivity contribution in [1.82, 2.24) is 5.32 Å². The molecule has 3 rings (SSSR count). The third-order valence-corrected chi connectivity index (χ3v) is 4.70. The summed E-state index contributed by atoms with van der Waals surface area (Å²) in [5.41, 5.74) is 2.67. The number of hydrogen-bond acceptors (Lipinski definition) is 2. The number of benzene rings is 2. The van der Waals surface area contributed by atoms with E-state index < -0.39 is 5.82 Å². The summed E-state index contributed by atoms with van der Waals surface area (Å²) in [5.74, 6) is -0.827. The molecule has 0 atom stereocenters. The van der Waals surface area contributed by atoms with Gasteiger partial charge in [0.1, 0.15) is 5.82 Å². The van der Waals surface area contributed by atoms with Crippen molar-refractivity contribution < 1.29 is 9.18 Å². The van der Waals surface area contributed by atoms with Crippen LogP contribution < -0.4 is 10.2 Å². The molecule has 4 heteroatoms. The van der Waals surface area contributed by atoms with Crippen LogP contribution in [0.4, 0.5) is 10.1 Å². The minimum atomic E-state index is -0.478. The van der Waals surface area contributed by atoms with E-state index in [9.17, 15) is 9.18 Å². The van der Waals surface area contributed by atoms with Crippen molar-refractivity contribution in [2.45, 2.75) is 32.1 Å². The van der Waals surface area contributed by atoms with Crippen LogP contribution in [0, 0.1) is 5.82 Å². The number of piperidine rings is 1. The Labute approximate surface area is 148 Å². The van der Waals surface area contributed by atoms with Crippen LogP contribution >= 0.6 is 0 Å². The molecule has 2 aromatic carbocycles. The van der Waals surface area contributed by atoms with Gasteiger partial charge in [0.2, 0.25) is 0 Å². The highest BCUT2D eigenvalue weighted by molar-refractivity contribution is 5.94. The highest BCUT2D eigenvalue weighted by atomic mass is 19.1. The zero-order valence-electron chi connectivity index (χ0n) is 14.5. The predicted octanol–water partition coefficient (Wildman–Crippen LogP) is 4.18. The minimum Gasteiger partial charge on any atom is -0.372 e. The van der Waals surface area contributed by atoms with Gasteiger partial charge >= 0.3 is 0 Å². The van der Waals surface area contributed by atoms with Crippen LogP contribution in [0.5, 0.6) is 0 Å². The third-order valence-electron chi connectivity index (χ3n) is 4.70. The van der Waals surface area contributed by atoms with Gasteiger partial charge in [-0.1, -0.05) is 24.3 Å². The fourth-order valence-corrected chi connectivity index (χ4v) is 3.26. The summed E-state index contributed by atoms with van der Waals surface area (Å²) in [7, 11) is 0. The van der Waals surface area contributed by atoms with Gasteiger partial charge in [0.05, 0.1) is 5.56 Å². The standard InChI is InChI=1S/C21H25FN2O/c22-20-9-3-2-8-19(20)21(25)23-14-6-7-17-10-12-18(13-11-17)24-15-4-1-5-16-24/h2-3,8-13H,1,4-7,14-16H2,(H,23,25). The molecule has 0 aromatic heterocycles. The van der Waals surface area contributed by atoms with Crippen molar-refractivity contribution in [3.05, 3.63) is 65.5 Å². The van der Waals surface area contributed by atoms with E-state index in [1.807, 2.05) is 0 Å². The highest BCUT2D eigenvalue weighted by Crippen LogP contribution is 2.20. The lowest BCUT2D eigenvalue weighted by molar-refractivity contribution is 0.0949. The topological polar surface area (TPSA) is 32.3 Å². The Bertz CT molecular complexity index is 693. The molecule has 1 saturated heterocycles. The second-order valence-corrected chi connectivity index (χ2v) is 6.55. The van der Waals surface area contributed by atoms with Crippen LogP contribution in [0.2, 0.25) is 0 Å². The van der Waals surface area contributed by atoms with Gasteiger partial charge in [-0.2, -0.15) is 0 Å². The molecular weight excluding hydrogens is 315 g/mol. The number of aryl methyl sites for hydroxylation is 1. The van der Waals surface area contributed by atoms with Gasteiger partial charge in [0.25, 0.3) is 5.91 Å². The molecule has 1 heterocycles. The van der Waals surface area contributed by atoms with E-state index in [0.717, 1.165) is 25.9 Å². The summed E-state index contributed by atoms with van der Waals surface area (Å²) >= 11 is 0. The number of halogens is 1. The van der Waals surface area contributed by atoms with Crippen LogP contribution in [0.25, 0.3) is 0 Å². The number of amides is 1. The Kier molecular flexibility index (Phi) is 6.04. The van der Waals surface area contributed by atoms with E-state index in [-0.39, 0.29) is 11.5 Å².